The van der Waals surface area contributed by atoms with Crippen molar-refractivity contribution in [2.24, 2.45) is 0 Å². The van der Waals surface area contributed by atoms with E-state index in [4.69, 9.17) is 19.7 Å². The van der Waals surface area contributed by atoms with Gasteiger partial charge in [-0.05, 0) is 34.4 Å². The largest absolute Gasteiger partial charge is 0.457 e. The summed E-state index contributed by atoms with van der Waals surface area (Å²) < 4.78 is 6.55. The van der Waals surface area contributed by atoms with Crippen LogP contribution in [0.25, 0.3) is 45.3 Å². The van der Waals surface area contributed by atoms with E-state index in [1.54, 1.807) is 0 Å². The maximum Gasteiger partial charge on any atom is 0.164 e. The predicted molar refractivity (Wildman–Crippen MR) is 174 cm³/mol. The van der Waals surface area contributed by atoms with Gasteiger partial charge in [0.05, 0.1) is 5.41 Å². The van der Waals surface area contributed by atoms with Gasteiger partial charge in [0, 0.05) is 27.8 Å². The minimum absolute atomic E-state index is 0.625. The first-order valence-electron chi connectivity index (χ1n) is 14.8. The summed E-state index contributed by atoms with van der Waals surface area (Å²) in [5.41, 5.74) is 9.23. The fourth-order valence-corrected chi connectivity index (χ4v) is 7.03. The van der Waals surface area contributed by atoms with Gasteiger partial charge in [0.15, 0.2) is 17.5 Å². The van der Waals surface area contributed by atoms with E-state index in [9.17, 15) is 0 Å². The van der Waals surface area contributed by atoms with E-state index in [1.807, 2.05) is 72.8 Å². The van der Waals surface area contributed by atoms with Crippen LogP contribution in [0.5, 0.6) is 11.5 Å². The lowest BCUT2D eigenvalue weighted by Gasteiger charge is -2.40. The van der Waals surface area contributed by atoms with Crippen molar-refractivity contribution in [2.75, 3.05) is 0 Å². The van der Waals surface area contributed by atoms with E-state index < -0.39 is 5.41 Å². The molecule has 1 aliphatic carbocycles. The Labute approximate surface area is 255 Å². The number of hydrogen-bond donors (Lipinski definition) is 0. The van der Waals surface area contributed by atoms with E-state index in [0.29, 0.717) is 17.5 Å². The highest BCUT2D eigenvalue weighted by Gasteiger charge is 2.52. The molecular weight excluding hydrogens is 538 g/mol. The van der Waals surface area contributed by atoms with Gasteiger partial charge in [-0.1, -0.05) is 140 Å². The van der Waals surface area contributed by atoms with Crippen LogP contribution < -0.4 is 4.74 Å². The molecule has 0 bridgehead atoms. The summed E-state index contributed by atoms with van der Waals surface area (Å²) in [6.45, 7) is 0. The predicted octanol–water partition coefficient (Wildman–Crippen LogP) is 9.34. The molecule has 4 heteroatoms. The molecule has 0 amide bonds. The Morgan fingerprint density at radius 3 is 1.43 bits per heavy atom. The summed E-state index contributed by atoms with van der Waals surface area (Å²) >= 11 is 0. The highest BCUT2D eigenvalue weighted by molar-refractivity contribution is 5.93. The Morgan fingerprint density at radius 1 is 0.364 bits per heavy atom. The van der Waals surface area contributed by atoms with E-state index in [1.165, 1.54) is 16.7 Å². The molecule has 4 nitrogen and oxygen atoms in total. The average molecular weight is 564 g/mol. The van der Waals surface area contributed by atoms with E-state index in [0.717, 1.165) is 44.9 Å². The molecule has 206 valence electrons. The third-order valence-corrected chi connectivity index (χ3v) is 8.80. The van der Waals surface area contributed by atoms with Gasteiger partial charge in [-0.3, -0.25) is 0 Å². The molecule has 0 atom stereocenters. The van der Waals surface area contributed by atoms with Gasteiger partial charge in [0.1, 0.15) is 11.5 Å². The van der Waals surface area contributed by atoms with Crippen molar-refractivity contribution in [3.8, 4) is 56.8 Å². The number of hydrogen-bond acceptors (Lipinski definition) is 4. The lowest BCUT2D eigenvalue weighted by Crippen LogP contribution is -2.32. The molecule has 0 fully saturated rings. The zero-order valence-electron chi connectivity index (χ0n) is 23.7. The molecule has 1 aromatic heterocycles. The molecule has 44 heavy (non-hydrogen) atoms. The van der Waals surface area contributed by atoms with Gasteiger partial charge in [-0.15, -0.1) is 0 Å². The highest BCUT2D eigenvalue weighted by Crippen LogP contribution is 2.63. The summed E-state index contributed by atoms with van der Waals surface area (Å²) in [4.78, 5) is 15.3. The zero-order chi connectivity index (χ0) is 29.1. The van der Waals surface area contributed by atoms with Crippen molar-refractivity contribution in [3.05, 3.63) is 174 Å². The van der Waals surface area contributed by atoms with Crippen molar-refractivity contribution in [1.82, 2.24) is 15.0 Å². The Hall–Kier alpha value is -5.87. The van der Waals surface area contributed by atoms with Gasteiger partial charge in [0.2, 0.25) is 0 Å². The standard InChI is InChI=1S/C40H25N3O/c1-3-14-26(15-4-1)37-41-38(27-16-5-2-6-17-27)43-39(42-37)30-20-13-19-29-28-18-7-8-21-31(28)40(36(29)30)32-22-9-11-24-34(32)44-35-25-12-10-23-33(35)40/h1-25H. The van der Waals surface area contributed by atoms with Crippen molar-refractivity contribution in [2.45, 2.75) is 5.41 Å². The number of ether oxygens (including phenoxy) is 1. The molecule has 0 N–H and O–H groups in total. The maximum absolute atomic E-state index is 6.55. The highest BCUT2D eigenvalue weighted by atomic mass is 16.5. The van der Waals surface area contributed by atoms with Crippen molar-refractivity contribution in [1.29, 1.82) is 0 Å². The molecule has 7 aromatic rings. The monoisotopic (exact) mass is 563 g/mol. The molecule has 1 aliphatic heterocycles. The van der Waals surface area contributed by atoms with E-state index in [-0.39, 0.29) is 0 Å². The van der Waals surface area contributed by atoms with Crippen LogP contribution in [0, 0.1) is 0 Å². The SMILES string of the molecule is c1ccc(-c2nc(-c3ccccc3)nc(-c3cccc4c3C3(c5ccccc5Oc5ccccc53)c3ccccc3-4)n2)cc1. The van der Waals surface area contributed by atoms with Crippen molar-refractivity contribution >= 4 is 0 Å². The van der Waals surface area contributed by atoms with Crippen LogP contribution in [0.1, 0.15) is 22.3 Å². The lowest BCUT2D eigenvalue weighted by molar-refractivity contribution is 0.436. The second-order valence-electron chi connectivity index (χ2n) is 11.2. The Morgan fingerprint density at radius 2 is 0.818 bits per heavy atom. The summed E-state index contributed by atoms with van der Waals surface area (Å²) in [5, 5.41) is 0. The Balaban J connectivity index is 1.41. The third kappa shape index (κ3) is 3.48. The molecule has 2 heterocycles. The van der Waals surface area contributed by atoms with Crippen LogP contribution in [-0.2, 0) is 5.41 Å². The van der Waals surface area contributed by atoms with Gasteiger partial charge in [0.25, 0.3) is 0 Å². The number of fused-ring (bicyclic) bond motifs is 9. The van der Waals surface area contributed by atoms with Crippen molar-refractivity contribution < 1.29 is 4.74 Å². The van der Waals surface area contributed by atoms with E-state index in [2.05, 4.69) is 78.9 Å². The van der Waals surface area contributed by atoms with Gasteiger partial charge in [-0.25, -0.2) is 15.0 Å². The third-order valence-electron chi connectivity index (χ3n) is 8.80. The molecule has 0 unspecified atom stereocenters. The van der Waals surface area contributed by atoms with E-state index >= 15 is 0 Å². The first-order valence-corrected chi connectivity index (χ1v) is 14.8. The van der Waals surface area contributed by atoms with Crippen LogP contribution in [0.2, 0.25) is 0 Å². The van der Waals surface area contributed by atoms with Gasteiger partial charge < -0.3 is 4.74 Å². The van der Waals surface area contributed by atoms with Crippen LogP contribution in [0.3, 0.4) is 0 Å². The summed E-state index contributed by atoms with van der Waals surface area (Å²) in [7, 11) is 0. The van der Waals surface area contributed by atoms with Gasteiger partial charge in [-0.2, -0.15) is 0 Å². The number of rotatable bonds is 3. The quantitative estimate of drug-likeness (QED) is 0.215. The molecule has 6 aromatic carbocycles. The topological polar surface area (TPSA) is 47.9 Å². The Bertz CT molecular complexity index is 2110. The van der Waals surface area contributed by atoms with Crippen molar-refractivity contribution in [3.63, 3.8) is 0 Å². The number of para-hydroxylation sites is 2. The fourth-order valence-electron chi connectivity index (χ4n) is 7.03. The minimum Gasteiger partial charge on any atom is -0.457 e. The molecular formula is C40H25N3O. The second-order valence-corrected chi connectivity index (χ2v) is 11.2. The van der Waals surface area contributed by atoms with Crippen LogP contribution >= 0.6 is 0 Å². The molecule has 2 aliphatic rings. The smallest absolute Gasteiger partial charge is 0.164 e. The lowest BCUT2D eigenvalue weighted by atomic mass is 9.65. The molecule has 0 saturated carbocycles. The van der Waals surface area contributed by atoms with Crippen LogP contribution in [-0.4, -0.2) is 15.0 Å². The van der Waals surface area contributed by atoms with Crippen LogP contribution in [0.4, 0.5) is 0 Å². The molecule has 1 spiro atoms. The average Bonchev–Trinajstić information content (AvgIpc) is 3.40. The van der Waals surface area contributed by atoms with Gasteiger partial charge >= 0.3 is 0 Å². The number of benzene rings is 6. The number of aromatic nitrogens is 3. The summed E-state index contributed by atoms with van der Waals surface area (Å²) in [6, 6.07) is 52.3. The first kappa shape index (κ1) is 24.7. The van der Waals surface area contributed by atoms with Crippen LogP contribution in [0.15, 0.2) is 152 Å². The normalized spacial score (nSPS) is 13.4. The first-order chi connectivity index (χ1) is 21.8. The summed E-state index contributed by atoms with van der Waals surface area (Å²) in [5.74, 6) is 3.64. The Kier molecular flexibility index (Phi) is 5.38. The minimum atomic E-state index is -0.625. The summed E-state index contributed by atoms with van der Waals surface area (Å²) in [6.07, 6.45) is 0. The fraction of sp³-hybridized carbons (Fsp3) is 0.0250. The maximum atomic E-state index is 6.55. The molecule has 9 rings (SSSR count). The molecule has 0 saturated heterocycles. The second kappa shape index (κ2) is 9.58. The zero-order valence-corrected chi connectivity index (χ0v) is 23.7. The number of nitrogens with zero attached hydrogens (tertiary/aromatic N) is 3. The molecule has 0 radical (unpaired) electrons.